The normalized spacial score (nSPS) is 23.8. The van der Waals surface area contributed by atoms with Crippen LogP contribution >= 0.6 is 0 Å². The lowest BCUT2D eigenvalue weighted by Crippen LogP contribution is -2.43. The minimum absolute atomic E-state index is 0.101. The van der Waals surface area contributed by atoms with E-state index in [0.717, 1.165) is 0 Å². The van der Waals surface area contributed by atoms with E-state index in [-0.39, 0.29) is 18.7 Å². The van der Waals surface area contributed by atoms with Crippen LogP contribution in [0.5, 0.6) is 5.75 Å². The SMILES string of the molecule is NS(=O)(=O)C1CCC(c2ccccc2OC(F)(F)F)NC1. The van der Waals surface area contributed by atoms with Crippen molar-refractivity contribution in [3.63, 3.8) is 0 Å². The Bertz CT molecular complexity index is 596. The van der Waals surface area contributed by atoms with Crippen LogP contribution in [0.2, 0.25) is 0 Å². The van der Waals surface area contributed by atoms with Gasteiger partial charge in [-0.15, -0.1) is 13.2 Å². The molecule has 0 bridgehead atoms. The topological polar surface area (TPSA) is 81.4 Å². The summed E-state index contributed by atoms with van der Waals surface area (Å²) < 4.78 is 63.6. The zero-order chi connectivity index (χ0) is 15.7. The summed E-state index contributed by atoms with van der Waals surface area (Å²) in [6.07, 6.45) is -4.12. The second-order valence-corrected chi connectivity index (χ2v) is 6.68. The Morgan fingerprint density at radius 2 is 1.90 bits per heavy atom. The molecule has 1 heterocycles. The van der Waals surface area contributed by atoms with Crippen molar-refractivity contribution in [2.45, 2.75) is 30.5 Å². The zero-order valence-electron chi connectivity index (χ0n) is 10.9. The van der Waals surface area contributed by atoms with E-state index < -0.39 is 27.7 Å². The zero-order valence-corrected chi connectivity index (χ0v) is 11.7. The standard InChI is InChI=1S/C12H15F3N2O3S/c13-12(14,15)20-11-4-2-1-3-9(11)10-6-5-8(7-17-10)21(16,18)19/h1-4,8,10,17H,5-7H2,(H2,16,18,19). The van der Waals surface area contributed by atoms with Crippen LogP contribution in [0.3, 0.4) is 0 Å². The number of piperidine rings is 1. The van der Waals surface area contributed by atoms with E-state index in [1.54, 1.807) is 6.07 Å². The second kappa shape index (κ2) is 5.82. The van der Waals surface area contributed by atoms with Crippen molar-refractivity contribution in [1.29, 1.82) is 0 Å². The van der Waals surface area contributed by atoms with Gasteiger partial charge in [0.15, 0.2) is 0 Å². The van der Waals surface area contributed by atoms with Gasteiger partial charge in [-0.05, 0) is 18.9 Å². The van der Waals surface area contributed by atoms with Crippen molar-refractivity contribution >= 4 is 10.0 Å². The average Bonchev–Trinajstić information content (AvgIpc) is 2.37. The third-order valence-corrected chi connectivity index (χ3v) is 4.69. The van der Waals surface area contributed by atoms with E-state index in [1.165, 1.54) is 18.2 Å². The average molecular weight is 324 g/mol. The number of halogens is 3. The molecule has 9 heteroatoms. The maximum Gasteiger partial charge on any atom is 0.573 e. The Labute approximate surface area is 120 Å². The molecular weight excluding hydrogens is 309 g/mol. The van der Waals surface area contributed by atoms with Gasteiger partial charge in [-0.1, -0.05) is 18.2 Å². The molecule has 0 spiro atoms. The Kier molecular flexibility index (Phi) is 4.45. The fraction of sp³-hybridized carbons (Fsp3) is 0.500. The summed E-state index contributed by atoms with van der Waals surface area (Å²) in [6.45, 7) is 0.101. The maximum atomic E-state index is 12.4. The summed E-state index contributed by atoms with van der Waals surface area (Å²) >= 11 is 0. The number of ether oxygens (including phenoxy) is 1. The first-order chi connectivity index (χ1) is 9.67. The highest BCUT2D eigenvalue weighted by atomic mass is 32.2. The Balaban J connectivity index is 2.14. The Morgan fingerprint density at radius 3 is 2.43 bits per heavy atom. The van der Waals surface area contributed by atoms with Gasteiger partial charge >= 0.3 is 6.36 Å². The number of rotatable bonds is 3. The highest BCUT2D eigenvalue weighted by Crippen LogP contribution is 2.34. The van der Waals surface area contributed by atoms with Gasteiger partial charge in [-0.3, -0.25) is 0 Å². The molecule has 1 aliphatic rings. The van der Waals surface area contributed by atoms with Gasteiger partial charge in [0.1, 0.15) is 5.75 Å². The molecule has 0 saturated carbocycles. The number of nitrogens with two attached hydrogens (primary N) is 1. The molecule has 3 N–H and O–H groups in total. The van der Waals surface area contributed by atoms with Gasteiger partial charge in [-0.2, -0.15) is 0 Å². The van der Waals surface area contributed by atoms with Gasteiger partial charge < -0.3 is 10.1 Å². The molecule has 0 aliphatic carbocycles. The molecule has 1 aromatic carbocycles. The van der Waals surface area contributed by atoms with Gasteiger partial charge in [-0.25, -0.2) is 13.6 Å². The van der Waals surface area contributed by atoms with Gasteiger partial charge in [0, 0.05) is 18.2 Å². The van der Waals surface area contributed by atoms with Gasteiger partial charge in [0.2, 0.25) is 10.0 Å². The van der Waals surface area contributed by atoms with E-state index in [2.05, 4.69) is 10.1 Å². The van der Waals surface area contributed by atoms with E-state index in [1.807, 2.05) is 0 Å². The van der Waals surface area contributed by atoms with Gasteiger partial charge in [0.25, 0.3) is 0 Å². The van der Waals surface area contributed by atoms with Crippen molar-refractivity contribution < 1.29 is 26.3 Å². The summed E-state index contributed by atoms with van der Waals surface area (Å²) in [5.41, 5.74) is 0.350. The third-order valence-electron chi connectivity index (χ3n) is 3.35. The lowest BCUT2D eigenvalue weighted by molar-refractivity contribution is -0.275. The highest BCUT2D eigenvalue weighted by molar-refractivity contribution is 7.89. The molecule has 5 nitrogen and oxygen atoms in total. The Hall–Kier alpha value is -1.32. The van der Waals surface area contributed by atoms with Gasteiger partial charge in [0.05, 0.1) is 5.25 Å². The number of benzene rings is 1. The van der Waals surface area contributed by atoms with Crippen LogP contribution < -0.4 is 15.2 Å². The van der Waals surface area contributed by atoms with E-state index in [0.29, 0.717) is 12.0 Å². The van der Waals surface area contributed by atoms with Crippen LogP contribution in [0.25, 0.3) is 0 Å². The van der Waals surface area contributed by atoms with E-state index >= 15 is 0 Å². The first kappa shape index (κ1) is 16.1. The maximum absolute atomic E-state index is 12.4. The summed E-state index contributed by atoms with van der Waals surface area (Å²) in [7, 11) is -3.64. The smallest absolute Gasteiger partial charge is 0.405 e. The molecule has 0 aromatic heterocycles. The second-order valence-electron chi connectivity index (χ2n) is 4.83. The fourth-order valence-electron chi connectivity index (χ4n) is 2.36. The molecule has 1 fully saturated rings. The minimum atomic E-state index is -4.77. The number of primary sulfonamides is 1. The van der Waals surface area contributed by atoms with Crippen LogP contribution in [0, 0.1) is 0 Å². The monoisotopic (exact) mass is 324 g/mol. The largest absolute Gasteiger partial charge is 0.573 e. The Morgan fingerprint density at radius 1 is 1.24 bits per heavy atom. The van der Waals surface area contributed by atoms with Crippen molar-refractivity contribution in [2.24, 2.45) is 5.14 Å². The highest BCUT2D eigenvalue weighted by Gasteiger charge is 2.34. The number of nitrogens with one attached hydrogen (secondary N) is 1. The van der Waals surface area contributed by atoms with Crippen molar-refractivity contribution in [2.75, 3.05) is 6.54 Å². The number of sulfonamides is 1. The summed E-state index contributed by atoms with van der Waals surface area (Å²) in [5, 5.41) is 7.26. The lowest BCUT2D eigenvalue weighted by Gasteiger charge is -2.30. The quantitative estimate of drug-likeness (QED) is 0.886. The number of hydrogen-bond acceptors (Lipinski definition) is 4. The van der Waals surface area contributed by atoms with Crippen molar-refractivity contribution in [3.05, 3.63) is 29.8 Å². The lowest BCUT2D eigenvalue weighted by atomic mass is 9.96. The predicted octanol–water partition coefficient (Wildman–Crippen LogP) is 1.67. The molecule has 1 aliphatic heterocycles. The minimum Gasteiger partial charge on any atom is -0.405 e. The number of para-hydroxylation sites is 1. The molecule has 1 saturated heterocycles. The molecular formula is C12H15F3N2O3S. The predicted molar refractivity (Wildman–Crippen MR) is 70.0 cm³/mol. The van der Waals surface area contributed by atoms with Crippen LogP contribution in [0.15, 0.2) is 24.3 Å². The summed E-state index contributed by atoms with van der Waals surface area (Å²) in [4.78, 5) is 0. The molecule has 21 heavy (non-hydrogen) atoms. The first-order valence-electron chi connectivity index (χ1n) is 6.26. The van der Waals surface area contributed by atoms with Crippen molar-refractivity contribution in [3.8, 4) is 5.75 Å². The molecule has 118 valence electrons. The fourth-order valence-corrected chi connectivity index (χ4v) is 3.16. The third kappa shape index (κ3) is 4.32. The summed E-state index contributed by atoms with van der Waals surface area (Å²) in [6, 6.07) is 5.40. The van der Waals surface area contributed by atoms with Crippen LogP contribution in [0.4, 0.5) is 13.2 Å². The van der Waals surface area contributed by atoms with Crippen LogP contribution in [0.1, 0.15) is 24.4 Å². The molecule has 1 aromatic rings. The van der Waals surface area contributed by atoms with E-state index in [4.69, 9.17) is 5.14 Å². The van der Waals surface area contributed by atoms with Crippen molar-refractivity contribution in [1.82, 2.24) is 5.32 Å². The summed E-state index contributed by atoms with van der Waals surface area (Å²) in [5.74, 6) is -0.281. The first-order valence-corrected chi connectivity index (χ1v) is 7.87. The van der Waals surface area contributed by atoms with Crippen LogP contribution in [-0.2, 0) is 10.0 Å². The molecule has 2 unspecified atom stereocenters. The molecule has 2 atom stereocenters. The number of hydrogen-bond donors (Lipinski definition) is 2. The molecule has 0 amide bonds. The van der Waals surface area contributed by atoms with E-state index in [9.17, 15) is 21.6 Å². The number of alkyl halides is 3. The molecule has 0 radical (unpaired) electrons. The van der Waals surface area contributed by atoms with Crippen LogP contribution in [-0.4, -0.2) is 26.6 Å². The molecule has 2 rings (SSSR count).